The molecule has 1 heterocycles. The Bertz CT molecular complexity index is 556. The number of methoxy groups -OCH3 is 1. The van der Waals surface area contributed by atoms with Gasteiger partial charge in [0, 0.05) is 19.6 Å². The van der Waals surface area contributed by atoms with Crippen molar-refractivity contribution in [1.82, 2.24) is 10.2 Å². The van der Waals surface area contributed by atoms with E-state index in [1.807, 2.05) is 6.92 Å². The zero-order valence-corrected chi connectivity index (χ0v) is 14.4. The lowest BCUT2D eigenvalue weighted by molar-refractivity contribution is -0.137. The molecule has 4 heteroatoms. The minimum atomic E-state index is -0.342. The van der Waals surface area contributed by atoms with Crippen LogP contribution in [-0.2, 0) is 10.2 Å². The molecule has 23 heavy (non-hydrogen) atoms. The summed E-state index contributed by atoms with van der Waals surface area (Å²) in [6, 6.07) is 6.32. The Morgan fingerprint density at radius 1 is 1.17 bits per heavy atom. The Balaban J connectivity index is 1.94. The van der Waals surface area contributed by atoms with E-state index in [2.05, 4.69) is 28.4 Å². The Labute approximate surface area is 139 Å². The van der Waals surface area contributed by atoms with Gasteiger partial charge in [-0.1, -0.05) is 25.0 Å². The van der Waals surface area contributed by atoms with Crippen LogP contribution in [0.1, 0.15) is 43.2 Å². The molecule has 0 radical (unpaired) electrons. The molecule has 1 aliphatic carbocycles. The highest BCUT2D eigenvalue weighted by atomic mass is 16.5. The second-order valence-corrected chi connectivity index (χ2v) is 6.87. The van der Waals surface area contributed by atoms with E-state index in [1.165, 1.54) is 0 Å². The third kappa shape index (κ3) is 3.09. The molecule has 0 unspecified atom stereocenters. The van der Waals surface area contributed by atoms with Gasteiger partial charge in [-0.25, -0.2) is 0 Å². The number of hydrogen-bond donors (Lipinski definition) is 1. The van der Waals surface area contributed by atoms with E-state index in [0.29, 0.717) is 5.91 Å². The highest BCUT2D eigenvalue weighted by molar-refractivity contribution is 5.89. The van der Waals surface area contributed by atoms with Crippen LogP contribution in [0.4, 0.5) is 0 Å². The van der Waals surface area contributed by atoms with Crippen LogP contribution in [0.2, 0.25) is 0 Å². The van der Waals surface area contributed by atoms with Gasteiger partial charge in [0.05, 0.1) is 12.5 Å². The lowest BCUT2D eigenvalue weighted by Crippen LogP contribution is -2.46. The summed E-state index contributed by atoms with van der Waals surface area (Å²) in [5.41, 5.74) is 1.92. The monoisotopic (exact) mass is 316 g/mol. The van der Waals surface area contributed by atoms with E-state index in [-0.39, 0.29) is 5.41 Å². The van der Waals surface area contributed by atoms with Crippen molar-refractivity contribution in [3.05, 3.63) is 29.3 Å². The standard InChI is InChI=1S/C19H28N2O2/c1-15-6-7-16(14-17(15)23-2)19(8-3-4-9-19)18(22)21-12-5-10-20-11-13-21/h6-7,14,20H,3-5,8-13H2,1-2H3. The predicted octanol–water partition coefficient (Wildman–Crippen LogP) is 2.64. The zero-order valence-electron chi connectivity index (χ0n) is 14.4. The second-order valence-electron chi connectivity index (χ2n) is 6.87. The summed E-state index contributed by atoms with van der Waals surface area (Å²) < 4.78 is 5.50. The summed E-state index contributed by atoms with van der Waals surface area (Å²) >= 11 is 0. The zero-order chi connectivity index (χ0) is 16.3. The van der Waals surface area contributed by atoms with E-state index in [9.17, 15) is 4.79 Å². The lowest BCUT2D eigenvalue weighted by atomic mass is 9.77. The highest BCUT2D eigenvalue weighted by Gasteiger charge is 2.45. The molecule has 1 saturated carbocycles. The topological polar surface area (TPSA) is 41.6 Å². The molecule has 4 nitrogen and oxygen atoms in total. The van der Waals surface area contributed by atoms with Crippen molar-refractivity contribution in [1.29, 1.82) is 0 Å². The van der Waals surface area contributed by atoms with Gasteiger partial charge in [-0.05, 0) is 49.9 Å². The molecule has 126 valence electrons. The molecule has 1 amide bonds. The normalized spacial score (nSPS) is 21.0. The first-order chi connectivity index (χ1) is 11.2. The first kappa shape index (κ1) is 16.3. The van der Waals surface area contributed by atoms with Gasteiger partial charge in [0.15, 0.2) is 0 Å². The largest absolute Gasteiger partial charge is 0.496 e. The van der Waals surface area contributed by atoms with E-state index in [4.69, 9.17) is 4.74 Å². The molecule has 0 aromatic heterocycles. The smallest absolute Gasteiger partial charge is 0.233 e. The lowest BCUT2D eigenvalue weighted by Gasteiger charge is -2.34. The molecule has 0 bridgehead atoms. The number of rotatable bonds is 3. The first-order valence-corrected chi connectivity index (χ1v) is 8.82. The molecule has 1 N–H and O–H groups in total. The molecule has 0 atom stereocenters. The van der Waals surface area contributed by atoms with Crippen molar-refractivity contribution in [3.63, 3.8) is 0 Å². The quantitative estimate of drug-likeness (QED) is 0.932. The van der Waals surface area contributed by atoms with Gasteiger partial charge in [-0.3, -0.25) is 4.79 Å². The summed E-state index contributed by atoms with van der Waals surface area (Å²) in [6.45, 7) is 5.65. The minimum Gasteiger partial charge on any atom is -0.496 e. The third-order valence-electron chi connectivity index (χ3n) is 5.45. The maximum absolute atomic E-state index is 13.4. The molecule has 0 spiro atoms. The van der Waals surface area contributed by atoms with Gasteiger partial charge < -0.3 is 15.0 Å². The van der Waals surface area contributed by atoms with Gasteiger partial charge in [0.1, 0.15) is 5.75 Å². The van der Waals surface area contributed by atoms with Crippen LogP contribution >= 0.6 is 0 Å². The number of amides is 1. The number of nitrogens with one attached hydrogen (secondary N) is 1. The summed E-state index contributed by atoms with van der Waals surface area (Å²) in [4.78, 5) is 15.5. The second kappa shape index (κ2) is 6.91. The average molecular weight is 316 g/mol. The van der Waals surface area contributed by atoms with E-state index >= 15 is 0 Å². The van der Waals surface area contributed by atoms with Crippen LogP contribution in [0.15, 0.2) is 18.2 Å². The Morgan fingerprint density at radius 2 is 1.96 bits per heavy atom. The Morgan fingerprint density at radius 3 is 2.70 bits per heavy atom. The van der Waals surface area contributed by atoms with Gasteiger partial charge in [0.25, 0.3) is 0 Å². The van der Waals surface area contributed by atoms with Gasteiger partial charge in [-0.15, -0.1) is 0 Å². The maximum Gasteiger partial charge on any atom is 0.233 e. The van der Waals surface area contributed by atoms with Crippen LogP contribution in [-0.4, -0.2) is 44.1 Å². The number of nitrogens with zero attached hydrogens (tertiary/aromatic N) is 1. The van der Waals surface area contributed by atoms with Crippen molar-refractivity contribution >= 4 is 5.91 Å². The molecular weight excluding hydrogens is 288 g/mol. The molecule has 3 rings (SSSR count). The summed E-state index contributed by atoms with van der Waals surface area (Å²) in [7, 11) is 1.70. The maximum atomic E-state index is 13.4. The Hall–Kier alpha value is -1.55. The van der Waals surface area contributed by atoms with Gasteiger partial charge in [-0.2, -0.15) is 0 Å². The van der Waals surface area contributed by atoms with Crippen molar-refractivity contribution in [2.75, 3.05) is 33.3 Å². The number of hydrogen-bond acceptors (Lipinski definition) is 3. The van der Waals surface area contributed by atoms with E-state index < -0.39 is 0 Å². The van der Waals surface area contributed by atoms with Crippen LogP contribution in [0.25, 0.3) is 0 Å². The average Bonchev–Trinajstić information content (AvgIpc) is 2.91. The first-order valence-electron chi connectivity index (χ1n) is 8.82. The van der Waals surface area contributed by atoms with Crippen LogP contribution in [0.5, 0.6) is 5.75 Å². The fourth-order valence-electron chi connectivity index (χ4n) is 4.07. The highest BCUT2D eigenvalue weighted by Crippen LogP contribution is 2.44. The molecular formula is C19H28N2O2. The fraction of sp³-hybridized carbons (Fsp3) is 0.632. The van der Waals surface area contributed by atoms with Crippen molar-refractivity contribution in [3.8, 4) is 5.75 Å². The van der Waals surface area contributed by atoms with Gasteiger partial charge >= 0.3 is 0 Å². The van der Waals surface area contributed by atoms with E-state index in [1.54, 1.807) is 7.11 Å². The molecule has 2 fully saturated rings. The number of ether oxygens (including phenoxy) is 1. The predicted molar refractivity (Wildman–Crippen MR) is 91.9 cm³/mol. The van der Waals surface area contributed by atoms with Crippen LogP contribution in [0.3, 0.4) is 0 Å². The number of carbonyl (C=O) groups is 1. The third-order valence-corrected chi connectivity index (χ3v) is 5.45. The van der Waals surface area contributed by atoms with Crippen LogP contribution in [0, 0.1) is 6.92 Å². The van der Waals surface area contributed by atoms with Crippen molar-refractivity contribution < 1.29 is 9.53 Å². The summed E-state index contributed by atoms with van der Waals surface area (Å²) in [5.74, 6) is 1.21. The SMILES string of the molecule is COc1cc(C2(C(=O)N3CCCNCC3)CCCC2)ccc1C. The van der Waals surface area contributed by atoms with Crippen molar-refractivity contribution in [2.24, 2.45) is 0 Å². The molecule has 1 saturated heterocycles. The van der Waals surface area contributed by atoms with E-state index in [0.717, 1.165) is 75.2 Å². The Kier molecular flexibility index (Phi) is 4.90. The molecule has 1 aromatic carbocycles. The van der Waals surface area contributed by atoms with Crippen molar-refractivity contribution in [2.45, 2.75) is 44.4 Å². The number of aryl methyl sites for hydroxylation is 1. The summed E-state index contributed by atoms with van der Waals surface area (Å²) in [6.07, 6.45) is 5.23. The molecule has 2 aliphatic rings. The molecule has 1 aliphatic heterocycles. The fourth-order valence-corrected chi connectivity index (χ4v) is 4.07. The number of benzene rings is 1. The van der Waals surface area contributed by atoms with Crippen LogP contribution < -0.4 is 10.1 Å². The molecule has 1 aromatic rings. The minimum absolute atomic E-state index is 0.324. The number of carbonyl (C=O) groups excluding carboxylic acids is 1. The van der Waals surface area contributed by atoms with Gasteiger partial charge in [0.2, 0.25) is 5.91 Å². The summed E-state index contributed by atoms with van der Waals surface area (Å²) in [5, 5.41) is 3.39.